The number of carbonyl (C=O) groups excluding carboxylic acids is 1. The summed E-state index contributed by atoms with van der Waals surface area (Å²) in [6, 6.07) is 0. The summed E-state index contributed by atoms with van der Waals surface area (Å²) in [6.45, 7) is 1.19. The van der Waals surface area contributed by atoms with Crippen molar-refractivity contribution in [1.82, 2.24) is 0 Å². The number of esters is 1. The molecule has 0 aliphatic carbocycles. The van der Waals surface area contributed by atoms with Crippen molar-refractivity contribution < 1.29 is 32.9 Å². The number of rotatable bonds is 2. The van der Waals surface area contributed by atoms with Crippen LogP contribution in [-0.4, -0.2) is 48.2 Å². The van der Waals surface area contributed by atoms with Gasteiger partial charge in [-0.1, -0.05) is 0 Å². The van der Waals surface area contributed by atoms with Gasteiger partial charge in [-0.15, -0.1) is 0 Å². The fraction of sp³-hybridized carbons (Fsp3) is 0.909. The molecule has 2 saturated heterocycles. The van der Waals surface area contributed by atoms with Crippen LogP contribution in [0.15, 0.2) is 0 Å². The lowest BCUT2D eigenvalue weighted by molar-refractivity contribution is -0.300. The van der Waals surface area contributed by atoms with Crippen molar-refractivity contribution in [2.75, 3.05) is 7.11 Å². The van der Waals surface area contributed by atoms with Crippen LogP contribution in [0.1, 0.15) is 26.2 Å². The van der Waals surface area contributed by atoms with Crippen LogP contribution in [0.5, 0.6) is 0 Å². The highest BCUT2D eigenvalue weighted by Crippen LogP contribution is 2.51. The van der Waals surface area contributed by atoms with Crippen LogP contribution in [0.25, 0.3) is 0 Å². The van der Waals surface area contributed by atoms with Crippen LogP contribution in [0, 0.1) is 0 Å². The molecule has 0 radical (unpaired) electrons. The Hall–Kier alpha value is -0.790. The fourth-order valence-corrected chi connectivity index (χ4v) is 2.62. The number of aliphatic hydroxyl groups is 1. The molecule has 4 atom stereocenters. The number of fused-ring (bicyclic) bond motifs is 2. The van der Waals surface area contributed by atoms with Crippen molar-refractivity contribution in [2.24, 2.45) is 0 Å². The Kier molecular flexibility index (Phi) is 3.33. The molecule has 1 N–H and O–H groups in total. The van der Waals surface area contributed by atoms with Gasteiger partial charge in [0, 0.05) is 20.5 Å². The van der Waals surface area contributed by atoms with E-state index in [1.54, 1.807) is 0 Å². The second kappa shape index (κ2) is 4.40. The molecule has 0 amide bonds. The van der Waals surface area contributed by atoms with Crippen LogP contribution in [0.2, 0.25) is 0 Å². The largest absolute Gasteiger partial charge is 0.460 e. The maximum Gasteiger partial charge on any atom is 0.328 e. The van der Waals surface area contributed by atoms with Crippen LogP contribution in [0.3, 0.4) is 0 Å². The van der Waals surface area contributed by atoms with E-state index >= 15 is 0 Å². The summed E-state index contributed by atoms with van der Waals surface area (Å²) in [7, 11) is 1.12. The minimum Gasteiger partial charge on any atom is -0.460 e. The first-order chi connectivity index (χ1) is 8.34. The first-order valence-corrected chi connectivity index (χ1v) is 5.80. The van der Waals surface area contributed by atoms with Crippen molar-refractivity contribution in [2.45, 2.75) is 56.2 Å². The predicted octanol–water partition coefficient (Wildman–Crippen LogP) is 0.840. The van der Waals surface area contributed by atoms with Gasteiger partial charge < -0.3 is 19.3 Å². The molecule has 0 aromatic heterocycles. The number of hydrogen-bond acceptors (Lipinski definition) is 5. The highest BCUT2D eigenvalue weighted by Gasteiger charge is 2.71. The van der Waals surface area contributed by atoms with Crippen LogP contribution >= 0.6 is 0 Å². The lowest BCUT2D eigenvalue weighted by Gasteiger charge is -2.32. The molecule has 2 aliphatic heterocycles. The Morgan fingerprint density at radius 1 is 1.50 bits per heavy atom. The lowest BCUT2D eigenvalue weighted by atomic mass is 9.91. The number of alkyl halides is 2. The topological polar surface area (TPSA) is 65.0 Å². The Balaban J connectivity index is 2.29. The summed E-state index contributed by atoms with van der Waals surface area (Å²) in [5, 5.41) is 9.69. The molecule has 2 bridgehead atoms. The molecule has 0 unspecified atom stereocenters. The van der Waals surface area contributed by atoms with Gasteiger partial charge in [0.25, 0.3) is 0 Å². The molecular formula is C11H16F2O5. The average molecular weight is 266 g/mol. The van der Waals surface area contributed by atoms with Crippen molar-refractivity contribution in [3.8, 4) is 0 Å². The van der Waals surface area contributed by atoms with Gasteiger partial charge in [-0.3, -0.25) is 4.79 Å². The van der Waals surface area contributed by atoms with E-state index in [9.17, 15) is 18.7 Å². The number of ether oxygens (including phenoxy) is 3. The Labute approximate surface area is 103 Å². The SMILES string of the molecule is CO[C@@]12CCC[C@H](OC(C)=O)[C@@H](O1)[C@@H](O)C2(F)F. The second-order valence-corrected chi connectivity index (χ2v) is 4.65. The third kappa shape index (κ3) is 1.81. The molecule has 5 nitrogen and oxygen atoms in total. The summed E-state index contributed by atoms with van der Waals surface area (Å²) in [5.74, 6) is -6.23. The summed E-state index contributed by atoms with van der Waals surface area (Å²) >= 11 is 0. The van der Waals surface area contributed by atoms with Crippen LogP contribution < -0.4 is 0 Å². The zero-order valence-electron chi connectivity index (χ0n) is 10.2. The first kappa shape index (κ1) is 13.6. The van der Waals surface area contributed by atoms with E-state index in [4.69, 9.17) is 14.2 Å². The minimum atomic E-state index is -3.52. The molecule has 7 heteroatoms. The van der Waals surface area contributed by atoms with E-state index in [1.807, 2.05) is 0 Å². The van der Waals surface area contributed by atoms with Crippen LogP contribution in [0.4, 0.5) is 8.78 Å². The first-order valence-electron chi connectivity index (χ1n) is 5.80. The molecule has 0 spiro atoms. The molecule has 2 rings (SSSR count). The maximum absolute atomic E-state index is 14.0. The van der Waals surface area contributed by atoms with E-state index in [0.717, 1.165) is 7.11 Å². The van der Waals surface area contributed by atoms with E-state index in [-0.39, 0.29) is 6.42 Å². The number of hydrogen-bond donors (Lipinski definition) is 1. The number of carbonyl (C=O) groups is 1. The zero-order chi connectivity index (χ0) is 13.6. The Morgan fingerprint density at radius 2 is 2.17 bits per heavy atom. The normalized spacial score (nSPS) is 42.4. The summed E-state index contributed by atoms with van der Waals surface area (Å²) in [6.07, 6.45) is -3.49. The van der Waals surface area contributed by atoms with Gasteiger partial charge >= 0.3 is 11.9 Å². The Bertz CT molecular complexity index is 348. The minimum absolute atomic E-state index is 0.0537. The smallest absolute Gasteiger partial charge is 0.328 e. The monoisotopic (exact) mass is 266 g/mol. The predicted molar refractivity (Wildman–Crippen MR) is 55.0 cm³/mol. The third-order valence-electron chi connectivity index (χ3n) is 3.52. The van der Waals surface area contributed by atoms with Gasteiger partial charge in [-0.25, -0.2) is 0 Å². The van der Waals surface area contributed by atoms with Crippen LogP contribution in [-0.2, 0) is 19.0 Å². The number of halogens is 2. The standard InChI is InChI=1S/C11H16F2O5/c1-6(14)17-7-4-3-5-10(16-2)11(12,13)9(15)8(7)18-10/h7-9,15H,3-5H2,1-2H3/t7-,8+,9+,10-/m0/s1. The molecule has 2 heterocycles. The van der Waals surface area contributed by atoms with Gasteiger partial charge in [-0.05, 0) is 12.8 Å². The van der Waals surface area contributed by atoms with Gasteiger partial charge in [0.1, 0.15) is 12.2 Å². The molecule has 18 heavy (non-hydrogen) atoms. The molecule has 0 aromatic carbocycles. The van der Waals surface area contributed by atoms with Crippen molar-refractivity contribution in [3.63, 3.8) is 0 Å². The van der Waals surface area contributed by atoms with E-state index in [0.29, 0.717) is 12.8 Å². The third-order valence-corrected chi connectivity index (χ3v) is 3.52. The average Bonchev–Trinajstić information content (AvgIpc) is 2.43. The zero-order valence-corrected chi connectivity index (χ0v) is 10.2. The molecule has 104 valence electrons. The van der Waals surface area contributed by atoms with E-state index in [1.165, 1.54) is 6.92 Å². The Morgan fingerprint density at radius 3 is 2.72 bits per heavy atom. The van der Waals surface area contributed by atoms with Gasteiger partial charge in [-0.2, -0.15) is 8.78 Å². The van der Waals surface area contributed by atoms with Gasteiger partial charge in [0.2, 0.25) is 5.79 Å². The van der Waals surface area contributed by atoms with E-state index < -0.39 is 36.0 Å². The summed E-state index contributed by atoms with van der Waals surface area (Å²) in [5.41, 5.74) is 0. The molecule has 0 saturated carbocycles. The highest BCUT2D eigenvalue weighted by molar-refractivity contribution is 5.66. The molecule has 0 aromatic rings. The van der Waals surface area contributed by atoms with Crippen molar-refractivity contribution in [3.05, 3.63) is 0 Å². The lowest BCUT2D eigenvalue weighted by Crippen LogP contribution is -2.52. The van der Waals surface area contributed by atoms with Gasteiger partial charge in [0.15, 0.2) is 6.10 Å². The molecular weight excluding hydrogens is 250 g/mol. The summed E-state index contributed by atoms with van der Waals surface area (Å²) in [4.78, 5) is 10.9. The second-order valence-electron chi connectivity index (χ2n) is 4.65. The van der Waals surface area contributed by atoms with Crippen molar-refractivity contribution >= 4 is 5.97 Å². The molecule has 2 aliphatic rings. The molecule has 2 fully saturated rings. The number of aliphatic hydroxyl groups excluding tert-OH is 1. The maximum atomic E-state index is 14.0. The summed E-state index contributed by atoms with van der Waals surface area (Å²) < 4.78 is 43.0. The van der Waals surface area contributed by atoms with Crippen molar-refractivity contribution in [1.29, 1.82) is 0 Å². The fourth-order valence-electron chi connectivity index (χ4n) is 2.62. The van der Waals surface area contributed by atoms with Gasteiger partial charge in [0.05, 0.1) is 0 Å². The van der Waals surface area contributed by atoms with E-state index in [2.05, 4.69) is 0 Å². The quantitative estimate of drug-likeness (QED) is 0.750. The highest BCUT2D eigenvalue weighted by atomic mass is 19.3. The number of methoxy groups -OCH3 is 1.